The number of amides is 4. The number of hydrogen-bond donors (Lipinski definition) is 0. The van der Waals surface area contributed by atoms with Crippen LogP contribution >= 0.6 is 0 Å². The molecule has 2 saturated heterocycles. The van der Waals surface area contributed by atoms with E-state index in [0.717, 1.165) is 12.1 Å². The maximum Gasteiger partial charge on any atom is 0.334 e. The summed E-state index contributed by atoms with van der Waals surface area (Å²) in [4.78, 5) is 92.7. The van der Waals surface area contributed by atoms with Gasteiger partial charge in [-0.05, 0) is 26.0 Å². The van der Waals surface area contributed by atoms with Gasteiger partial charge in [-0.25, -0.2) is 14.6 Å². The molecule has 6 atom stereocenters. The fourth-order valence-electron chi connectivity index (χ4n) is 7.32. The van der Waals surface area contributed by atoms with Gasteiger partial charge in [0.1, 0.15) is 11.4 Å². The zero-order chi connectivity index (χ0) is 30.2. The summed E-state index contributed by atoms with van der Waals surface area (Å²) in [5, 5.41) is 23.5. The van der Waals surface area contributed by atoms with Crippen molar-refractivity contribution in [3.8, 4) is 0 Å². The summed E-state index contributed by atoms with van der Waals surface area (Å²) >= 11 is 0. The number of para-hydroxylation sites is 4. The van der Waals surface area contributed by atoms with Gasteiger partial charge in [-0.3, -0.25) is 39.4 Å². The minimum Gasteiger partial charge on any atom is -0.463 e. The summed E-state index contributed by atoms with van der Waals surface area (Å²) in [6.45, 7) is 3.08. The van der Waals surface area contributed by atoms with Gasteiger partial charge < -0.3 is 4.74 Å². The second kappa shape index (κ2) is 9.39. The molecule has 2 aromatic rings. The van der Waals surface area contributed by atoms with E-state index in [4.69, 9.17) is 4.74 Å². The molecule has 2 unspecified atom stereocenters. The van der Waals surface area contributed by atoms with E-state index in [-0.39, 0.29) is 23.6 Å². The minimum absolute atomic E-state index is 0.000438. The normalized spacial score (nSPS) is 27.9. The van der Waals surface area contributed by atoms with E-state index < -0.39 is 86.3 Å². The number of ether oxygens (including phenoxy) is 1. The Kier molecular flexibility index (Phi) is 6.02. The Morgan fingerprint density at radius 3 is 1.48 bits per heavy atom. The molecular formula is C28H22N4O10. The Hall–Kier alpha value is -5.27. The first-order valence-electron chi connectivity index (χ1n) is 13.1. The van der Waals surface area contributed by atoms with Gasteiger partial charge in [0.2, 0.25) is 23.6 Å². The van der Waals surface area contributed by atoms with Crippen LogP contribution < -0.4 is 9.80 Å². The van der Waals surface area contributed by atoms with Crippen LogP contribution in [0.25, 0.3) is 0 Å². The molecule has 3 aliphatic carbocycles. The van der Waals surface area contributed by atoms with Crippen molar-refractivity contribution in [1.29, 1.82) is 0 Å². The maximum absolute atomic E-state index is 14.0. The van der Waals surface area contributed by atoms with Gasteiger partial charge in [-0.1, -0.05) is 29.8 Å². The first-order valence-corrected chi connectivity index (χ1v) is 13.1. The van der Waals surface area contributed by atoms with Crippen LogP contribution in [0.15, 0.2) is 59.7 Å². The number of nitro groups is 2. The van der Waals surface area contributed by atoms with Crippen LogP contribution in [0.2, 0.25) is 0 Å². The highest BCUT2D eigenvalue weighted by molar-refractivity contribution is 6.28. The number of hydrogen-bond acceptors (Lipinski definition) is 10. The van der Waals surface area contributed by atoms with Gasteiger partial charge in [0.25, 0.3) is 11.4 Å². The van der Waals surface area contributed by atoms with Gasteiger partial charge in [0.05, 0.1) is 40.1 Å². The average molecular weight is 575 g/mol. The third-order valence-corrected chi connectivity index (χ3v) is 8.74. The lowest BCUT2D eigenvalue weighted by molar-refractivity contribution is -0.384. The van der Waals surface area contributed by atoms with E-state index in [0.29, 0.717) is 15.4 Å². The molecule has 4 amide bonds. The number of nitro benzene ring substituents is 2. The molecule has 0 spiro atoms. The summed E-state index contributed by atoms with van der Waals surface area (Å²) in [6, 6.07) is 10.4. The molecule has 14 heteroatoms. The molecule has 5 aliphatic rings. The summed E-state index contributed by atoms with van der Waals surface area (Å²) in [7, 11) is 0. The molecular weight excluding hydrogens is 552 g/mol. The van der Waals surface area contributed by atoms with Crippen molar-refractivity contribution in [2.45, 2.75) is 13.8 Å². The molecule has 14 nitrogen and oxygen atoms in total. The lowest BCUT2D eigenvalue weighted by atomic mass is 9.49. The monoisotopic (exact) mass is 574 g/mol. The molecule has 214 valence electrons. The fourth-order valence-corrected chi connectivity index (χ4v) is 7.32. The topological polar surface area (TPSA) is 187 Å². The molecule has 3 fully saturated rings. The third-order valence-electron chi connectivity index (χ3n) is 8.74. The standard InChI is InChI=1S/C28H22N4O10/c1-3-42-28(37)18-12(2)17-20-22(26(35)29(24(20)33)13-8-4-6-10-15(13)31(38)39)19(18)23-21(17)25(34)30(27(23)36)14-9-5-7-11-16(14)32(40)41/h4-11,17,19-23H,3H2,1-2H3/t17?,19?,20-,21+,22-,23-/m1/s1. The first kappa shape index (κ1) is 26.9. The zero-order valence-electron chi connectivity index (χ0n) is 22.2. The number of imide groups is 2. The van der Waals surface area contributed by atoms with Crippen molar-refractivity contribution in [3.05, 3.63) is 79.9 Å². The largest absolute Gasteiger partial charge is 0.463 e. The van der Waals surface area contributed by atoms with E-state index in [1.54, 1.807) is 6.92 Å². The van der Waals surface area contributed by atoms with Gasteiger partial charge >= 0.3 is 5.97 Å². The fraction of sp³-hybridized carbons (Fsp3) is 0.321. The average Bonchev–Trinajstić information content (AvgIpc) is 3.38. The molecule has 1 saturated carbocycles. The Morgan fingerprint density at radius 2 is 1.10 bits per heavy atom. The molecule has 0 radical (unpaired) electrons. The number of benzene rings is 2. The van der Waals surface area contributed by atoms with Crippen LogP contribution in [0.1, 0.15) is 13.8 Å². The maximum atomic E-state index is 14.0. The summed E-state index contributed by atoms with van der Waals surface area (Å²) in [6.07, 6.45) is 0. The van der Waals surface area contributed by atoms with E-state index in [1.165, 1.54) is 43.3 Å². The van der Waals surface area contributed by atoms with Crippen molar-refractivity contribution in [1.82, 2.24) is 0 Å². The highest BCUT2D eigenvalue weighted by Crippen LogP contribution is 2.63. The summed E-state index contributed by atoms with van der Waals surface area (Å²) < 4.78 is 5.25. The number of carbonyl (C=O) groups is 5. The van der Waals surface area contributed by atoms with Crippen LogP contribution in [0, 0.1) is 55.7 Å². The van der Waals surface area contributed by atoms with E-state index >= 15 is 0 Å². The van der Waals surface area contributed by atoms with Gasteiger partial charge in [-0.15, -0.1) is 0 Å². The molecule has 0 aromatic heterocycles. The Labute approximate surface area is 236 Å². The first-order chi connectivity index (χ1) is 20.0. The van der Waals surface area contributed by atoms with Crippen LogP contribution in [0.4, 0.5) is 22.7 Å². The summed E-state index contributed by atoms with van der Waals surface area (Å²) in [5.41, 5.74) is -1.19. The number of allylic oxidation sites excluding steroid dienone is 1. The van der Waals surface area contributed by atoms with Crippen molar-refractivity contribution in [3.63, 3.8) is 0 Å². The molecule has 0 N–H and O–H groups in total. The Balaban J connectivity index is 1.53. The Bertz CT molecular complexity index is 1580. The summed E-state index contributed by atoms with van der Waals surface area (Å²) in [5.74, 6) is -11.5. The molecule has 2 aromatic carbocycles. The molecule has 2 aliphatic heterocycles. The molecule has 7 rings (SSSR count). The van der Waals surface area contributed by atoms with E-state index in [1.807, 2.05) is 0 Å². The Morgan fingerprint density at radius 1 is 0.714 bits per heavy atom. The quantitative estimate of drug-likeness (QED) is 0.215. The van der Waals surface area contributed by atoms with Crippen LogP contribution in [-0.4, -0.2) is 46.1 Å². The number of nitrogens with zero attached hydrogens (tertiary/aromatic N) is 4. The molecule has 42 heavy (non-hydrogen) atoms. The molecule has 2 heterocycles. The SMILES string of the molecule is CCOC(=O)C1=C(C)C2[C@H]3C(=O)N(c4ccccc4[N+](=O)[O-])C(=O)[C@@H]3C1[C@H]1C(=O)N(c3ccccc3[N+](=O)[O-])C(=O)[C@@H]21. The highest BCUT2D eigenvalue weighted by Gasteiger charge is 2.73. The molecule has 2 bridgehead atoms. The lowest BCUT2D eigenvalue weighted by Crippen LogP contribution is -2.55. The van der Waals surface area contributed by atoms with Crippen molar-refractivity contribution < 1.29 is 38.6 Å². The van der Waals surface area contributed by atoms with Crippen molar-refractivity contribution in [2.24, 2.45) is 35.5 Å². The van der Waals surface area contributed by atoms with Crippen LogP contribution in [-0.2, 0) is 28.7 Å². The number of anilines is 2. The van der Waals surface area contributed by atoms with E-state index in [2.05, 4.69) is 0 Å². The van der Waals surface area contributed by atoms with E-state index in [9.17, 15) is 44.2 Å². The predicted molar refractivity (Wildman–Crippen MR) is 141 cm³/mol. The third kappa shape index (κ3) is 3.40. The number of carbonyl (C=O) groups excluding carboxylic acids is 5. The van der Waals surface area contributed by atoms with Gasteiger partial charge in [0.15, 0.2) is 0 Å². The predicted octanol–water partition coefficient (Wildman–Crippen LogP) is 2.55. The van der Waals surface area contributed by atoms with Crippen LogP contribution in [0.3, 0.4) is 0 Å². The second-order valence-corrected chi connectivity index (χ2v) is 10.5. The van der Waals surface area contributed by atoms with Crippen molar-refractivity contribution in [2.75, 3.05) is 16.4 Å². The second-order valence-electron chi connectivity index (χ2n) is 10.5. The van der Waals surface area contributed by atoms with Gasteiger partial charge in [0, 0.05) is 29.5 Å². The van der Waals surface area contributed by atoms with Crippen LogP contribution in [0.5, 0.6) is 0 Å². The zero-order valence-corrected chi connectivity index (χ0v) is 22.2. The minimum atomic E-state index is -1.30. The smallest absolute Gasteiger partial charge is 0.334 e. The van der Waals surface area contributed by atoms with Gasteiger partial charge in [-0.2, -0.15) is 0 Å². The van der Waals surface area contributed by atoms with Crippen molar-refractivity contribution >= 4 is 52.3 Å². The number of esters is 1. The number of rotatable bonds is 6. The lowest BCUT2D eigenvalue weighted by Gasteiger charge is -2.49. The highest BCUT2D eigenvalue weighted by atomic mass is 16.6.